The smallest absolute Gasteiger partial charge is 0.431 e. The van der Waals surface area contributed by atoms with Gasteiger partial charge in [0, 0.05) is 140 Å². The maximum absolute atomic E-state index is 15.4. The third-order valence-electron chi connectivity index (χ3n) is 21.0. The predicted molar refractivity (Wildman–Crippen MR) is 477 cm³/mol. The number of aromatic nitrogens is 15. The van der Waals surface area contributed by atoms with E-state index in [9.17, 15) is 55.1 Å². The topological polar surface area (TPSA) is 320 Å². The molecule has 0 aliphatic rings. The third kappa shape index (κ3) is 18.6. The van der Waals surface area contributed by atoms with Crippen LogP contribution in [0.4, 0.5) is 56.6 Å². The number of hydrogen-bond donors (Lipinski definition) is 6. The van der Waals surface area contributed by atoms with E-state index in [1.54, 1.807) is 84.7 Å². The Balaban J connectivity index is 0.000000145. The van der Waals surface area contributed by atoms with Crippen LogP contribution in [0.3, 0.4) is 0 Å². The molecule has 0 aliphatic carbocycles. The number of aryl methyl sites for hydroxylation is 1. The number of aromatic amines is 3. The van der Waals surface area contributed by atoms with E-state index in [2.05, 4.69) is 61.8 Å². The van der Waals surface area contributed by atoms with Crippen LogP contribution >= 0.6 is 11.6 Å². The van der Waals surface area contributed by atoms with Crippen molar-refractivity contribution >= 4 is 79.1 Å². The highest BCUT2D eigenvalue weighted by molar-refractivity contribution is 6.30. The maximum Gasteiger partial charge on any atom is 0.431 e. The van der Waals surface area contributed by atoms with Crippen molar-refractivity contribution in [3.05, 3.63) is 355 Å². The number of halogens is 10. The first-order valence-corrected chi connectivity index (χ1v) is 40.8. The molecule has 6 N–H and O–H groups in total. The summed E-state index contributed by atoms with van der Waals surface area (Å²) in [5.41, 5.74) is 2.92. The van der Waals surface area contributed by atoms with E-state index in [1.807, 2.05) is 76.2 Å². The third-order valence-corrected chi connectivity index (χ3v) is 21.3. The van der Waals surface area contributed by atoms with Crippen molar-refractivity contribution in [3.8, 4) is 84.9 Å². The second kappa shape index (κ2) is 37.0. The van der Waals surface area contributed by atoms with Gasteiger partial charge in [-0.3, -0.25) is 71.8 Å². The molecule has 0 fully saturated rings. The zero-order chi connectivity index (χ0) is 93.2. The molecule has 0 unspecified atom stereocenters. The molecule has 0 atom stereocenters. The summed E-state index contributed by atoms with van der Waals surface area (Å²) in [7, 11) is 1.82. The second-order valence-electron chi connectivity index (χ2n) is 30.8. The molecule has 0 saturated carbocycles. The predicted octanol–water partition coefficient (Wildman–Crippen LogP) is 21.2. The van der Waals surface area contributed by atoms with Crippen LogP contribution in [-0.4, -0.2) is 91.4 Å². The summed E-state index contributed by atoms with van der Waals surface area (Å²) in [5, 5.41) is 43.4. The van der Waals surface area contributed by atoms with E-state index in [0.29, 0.717) is 57.0 Å². The molecular weight excluding hydrogens is 1740 g/mol. The number of anilines is 3. The fourth-order valence-corrected chi connectivity index (χ4v) is 14.8. The van der Waals surface area contributed by atoms with Gasteiger partial charge in [0.1, 0.15) is 62.2 Å². The molecule has 9 aromatic carbocycles. The average molecular weight is 1820 g/mol. The number of carbonyl (C=O) groups is 3. The summed E-state index contributed by atoms with van der Waals surface area (Å²) in [4.78, 5) is 79.0. The molecule has 9 aromatic heterocycles. The molecule has 666 valence electrons. The summed E-state index contributed by atoms with van der Waals surface area (Å²) >= 11 is 6.19. The Labute approximate surface area is 745 Å². The Bertz CT molecular complexity index is 7620. The monoisotopic (exact) mass is 1810 g/mol. The van der Waals surface area contributed by atoms with Crippen LogP contribution in [0.1, 0.15) is 102 Å². The zero-order valence-electron chi connectivity index (χ0n) is 70.3. The number of H-pyrrole nitrogens is 3. The number of rotatable bonds is 21. The van der Waals surface area contributed by atoms with Crippen molar-refractivity contribution in [1.29, 1.82) is 0 Å². The second-order valence-corrected chi connectivity index (χ2v) is 31.2. The van der Waals surface area contributed by atoms with Crippen molar-refractivity contribution in [2.24, 2.45) is 7.05 Å². The lowest BCUT2D eigenvalue weighted by molar-refractivity contribution is -0.142. The Hall–Kier alpha value is -16.7. The number of carbonyl (C=O) groups excluding carboxylic acids is 3. The highest BCUT2D eigenvalue weighted by Gasteiger charge is 2.36. The van der Waals surface area contributed by atoms with Crippen molar-refractivity contribution in [3.63, 3.8) is 0 Å². The Morgan fingerprint density at radius 2 is 0.727 bits per heavy atom. The van der Waals surface area contributed by atoms with Crippen LogP contribution in [0.5, 0.6) is 34.5 Å². The number of benzene rings is 9. The number of fused-ring (bicyclic) bond motifs is 3. The van der Waals surface area contributed by atoms with E-state index in [0.717, 1.165) is 96.9 Å². The van der Waals surface area contributed by atoms with Gasteiger partial charge in [0.05, 0.1) is 59.4 Å². The number of hydrogen-bond acceptors (Lipinski definition) is 15. The Kier molecular flexibility index (Phi) is 24.9. The van der Waals surface area contributed by atoms with Gasteiger partial charge in [-0.2, -0.15) is 43.8 Å². The molecule has 0 saturated heterocycles. The van der Waals surface area contributed by atoms with E-state index >= 15 is 13.2 Å². The molecule has 0 bridgehead atoms. The number of ether oxygens (including phenoxy) is 3. The SMILES string of the molecule is CC(C)c1ccc(C(=O)Nc2ccc(Oc3cc4cnn(C(C)C)c4cc3-c3cn[nH]c3)c(F)c2)c(=O)n1-c1ccc(F)cc1.CC(C)n1ncc2cc(Oc3ccc(NC(=O)c4ccc(C(F)(F)F)n(-c5ccc(F)cc5)c4=O)cc3F)c(-c3cn[nH]c3)cc21.Cn1ncc2cc(Oc3ccc(NC(=O)c4ccc(Cl)n(-c5ccc(F)cc5)c4=O)cc3F)c(-c3cn[nH]c3)cc21. The summed E-state index contributed by atoms with van der Waals surface area (Å²) in [5.74, 6) is -5.87. The van der Waals surface area contributed by atoms with Gasteiger partial charge in [0.15, 0.2) is 34.7 Å². The fourth-order valence-electron chi connectivity index (χ4n) is 14.5. The van der Waals surface area contributed by atoms with Crippen LogP contribution in [0.15, 0.2) is 270 Å². The van der Waals surface area contributed by atoms with Crippen LogP contribution in [0.25, 0.3) is 83.2 Å². The van der Waals surface area contributed by atoms with E-state index in [1.165, 1.54) is 108 Å². The Morgan fingerprint density at radius 1 is 0.386 bits per heavy atom. The minimum absolute atomic E-state index is 0.0324. The molecule has 0 spiro atoms. The number of nitrogens with zero attached hydrogens (tertiary/aromatic N) is 12. The minimum atomic E-state index is -4.96. The standard InChI is InChI=1S/C34H30F2N6O3.C32H23F5N6O3.C29H19ClF2N6O3/c1-19(2)29-11-10-26(34(44)41(29)25-8-5-23(35)6-9-25)33(43)40-24-7-12-31(28(36)14-24)45-32-13-21-18-39-42(20(3)4)30(21)15-27(32)22-16-37-38-17-22;1-17(2)43-26-13-24(19-14-38-39-15-19)28(11-18(26)16-40-43)46-27-9-5-21(12-25(27)34)41-30(44)23-8-10-29(32(35,36)37)42(31(23)45)22-6-3-20(33)4-7-22;1-37-24-12-22(17-13-33-34-14-17)26(10-16(24)15-35-37)41-25-8-4-19(11-23(25)32)36-28(39)21-7-9-27(30)38(29(21)40)20-5-2-18(31)3-6-20/h5-20H,1-4H3,(H,37,38)(H,40,43);3-17H,1-2H3,(H,38,39)(H,41,44);2-15H,1H3,(H,33,34)(H,36,39). The lowest BCUT2D eigenvalue weighted by Gasteiger charge is -2.17. The number of amides is 3. The summed E-state index contributed by atoms with van der Waals surface area (Å²) < 4.78 is 154. The maximum atomic E-state index is 15.4. The van der Waals surface area contributed by atoms with Crippen LogP contribution < -0.4 is 46.8 Å². The van der Waals surface area contributed by atoms with E-state index in [-0.39, 0.29) is 84.5 Å². The lowest BCUT2D eigenvalue weighted by atomic mass is 10.1. The average Bonchev–Trinajstić information content (AvgIpc) is 1.40. The van der Waals surface area contributed by atoms with Crippen LogP contribution in [0, 0.1) is 34.9 Å². The minimum Gasteiger partial charge on any atom is -0.454 e. The molecular formula is C95H72ClF9N18O9. The molecule has 18 aromatic rings. The van der Waals surface area contributed by atoms with Crippen molar-refractivity contribution in [2.75, 3.05) is 16.0 Å². The molecule has 27 nitrogen and oxygen atoms in total. The molecule has 18 rings (SSSR count). The summed E-state index contributed by atoms with van der Waals surface area (Å²) in [6, 6.07) is 43.9. The van der Waals surface area contributed by atoms with Crippen LogP contribution in [0.2, 0.25) is 5.15 Å². The molecule has 0 aliphatic heterocycles. The van der Waals surface area contributed by atoms with Crippen molar-refractivity contribution < 1.29 is 68.1 Å². The van der Waals surface area contributed by atoms with Gasteiger partial charge in [-0.25, -0.2) is 26.3 Å². The van der Waals surface area contributed by atoms with Gasteiger partial charge in [-0.1, -0.05) is 25.4 Å². The van der Waals surface area contributed by atoms with Gasteiger partial charge in [0.2, 0.25) is 0 Å². The molecule has 0 radical (unpaired) electrons. The first-order chi connectivity index (χ1) is 63.3. The first-order valence-electron chi connectivity index (χ1n) is 40.4. The highest BCUT2D eigenvalue weighted by Crippen LogP contribution is 2.43. The van der Waals surface area contributed by atoms with Gasteiger partial charge in [0.25, 0.3) is 34.4 Å². The van der Waals surface area contributed by atoms with Gasteiger partial charge in [-0.15, -0.1) is 0 Å². The zero-order valence-corrected chi connectivity index (χ0v) is 71.1. The summed E-state index contributed by atoms with van der Waals surface area (Å²) in [6.45, 7) is 11.9. The highest BCUT2D eigenvalue weighted by atomic mass is 35.5. The van der Waals surface area contributed by atoms with Gasteiger partial charge < -0.3 is 30.2 Å². The first kappa shape index (κ1) is 88.8. The van der Waals surface area contributed by atoms with Crippen molar-refractivity contribution in [2.45, 2.75) is 65.7 Å². The quantitative estimate of drug-likeness (QED) is 0.0288. The normalized spacial score (nSPS) is 11.5. The van der Waals surface area contributed by atoms with Crippen molar-refractivity contribution in [1.82, 2.24) is 73.6 Å². The number of pyridine rings is 3. The molecule has 132 heavy (non-hydrogen) atoms. The van der Waals surface area contributed by atoms with Crippen LogP contribution in [-0.2, 0) is 13.2 Å². The summed E-state index contributed by atoms with van der Waals surface area (Å²) in [6.07, 6.45) is 10.0. The largest absolute Gasteiger partial charge is 0.454 e. The lowest BCUT2D eigenvalue weighted by Crippen LogP contribution is -2.32. The molecule has 9 heterocycles. The number of nitrogens with one attached hydrogen (secondary N) is 6. The molecule has 3 amide bonds. The van der Waals surface area contributed by atoms with Gasteiger partial charge in [-0.05, 0) is 216 Å². The van der Waals surface area contributed by atoms with Gasteiger partial charge >= 0.3 is 6.18 Å². The molecule has 37 heteroatoms. The Morgan fingerprint density at radius 3 is 1.09 bits per heavy atom. The van der Waals surface area contributed by atoms with E-state index < -0.39 is 86.7 Å². The number of alkyl halides is 3. The van der Waals surface area contributed by atoms with E-state index in [4.69, 9.17) is 25.8 Å². The fraction of sp³-hybridized carbons (Fsp3) is 0.116.